The van der Waals surface area contributed by atoms with Gasteiger partial charge in [-0.05, 0) is 24.6 Å². The number of nitrogens with one attached hydrogen (secondary N) is 1. The van der Waals surface area contributed by atoms with Crippen molar-refractivity contribution in [2.45, 2.75) is 12.7 Å². The van der Waals surface area contributed by atoms with Crippen LogP contribution >= 0.6 is 11.8 Å². The second kappa shape index (κ2) is 9.41. The number of aryl methyl sites for hydroxylation is 1. The molecule has 0 aliphatic carbocycles. The highest BCUT2D eigenvalue weighted by molar-refractivity contribution is 7.98. The number of anilines is 1. The molecule has 0 aromatic heterocycles. The third-order valence-electron chi connectivity index (χ3n) is 4.29. The summed E-state index contributed by atoms with van der Waals surface area (Å²) in [5, 5.41) is 2.78. The molecule has 0 radical (unpaired) electrons. The Kier molecular flexibility index (Phi) is 6.92. The second-order valence-electron chi connectivity index (χ2n) is 6.70. The molecule has 1 heterocycles. The lowest BCUT2D eigenvalue weighted by molar-refractivity contribution is -0.119. The van der Waals surface area contributed by atoms with E-state index in [4.69, 9.17) is 9.47 Å². The minimum Gasteiger partial charge on any atom is -0.454 e. The fraction of sp³-hybridized carbons (Fsp3) is 0.350. The van der Waals surface area contributed by atoms with E-state index in [9.17, 15) is 13.2 Å². The van der Waals surface area contributed by atoms with Crippen molar-refractivity contribution in [3.05, 3.63) is 53.6 Å². The highest BCUT2D eigenvalue weighted by Gasteiger charge is 2.23. The van der Waals surface area contributed by atoms with Crippen molar-refractivity contribution in [3.8, 4) is 11.5 Å². The number of carbonyl (C=O) groups is 1. The SMILES string of the molecule is Cc1ccc(CSCCNC(=O)CN(c2ccc3c(c2)OCO3)S(C)(=O)=O)cc1. The molecular weight excluding hydrogens is 412 g/mol. The molecule has 7 nitrogen and oxygen atoms in total. The molecule has 0 saturated carbocycles. The molecule has 2 aromatic rings. The van der Waals surface area contributed by atoms with Gasteiger partial charge in [-0.25, -0.2) is 8.42 Å². The standard InChI is InChI=1S/C20H24N2O5S2/c1-15-3-5-16(6-4-15)13-28-10-9-21-20(23)12-22(29(2,24)25)17-7-8-18-19(11-17)27-14-26-18/h3-8,11H,9-10,12-14H2,1-2H3,(H,21,23). The van der Waals surface area contributed by atoms with Crippen LogP contribution in [0.15, 0.2) is 42.5 Å². The molecule has 0 atom stereocenters. The van der Waals surface area contributed by atoms with Crippen LogP contribution in [0.1, 0.15) is 11.1 Å². The highest BCUT2D eigenvalue weighted by atomic mass is 32.2. The third kappa shape index (κ3) is 6.04. The van der Waals surface area contributed by atoms with Gasteiger partial charge in [0.1, 0.15) is 6.54 Å². The Morgan fingerprint density at radius 1 is 1.14 bits per heavy atom. The lowest BCUT2D eigenvalue weighted by atomic mass is 10.2. The number of benzene rings is 2. The van der Waals surface area contributed by atoms with Crippen LogP contribution < -0.4 is 19.1 Å². The molecule has 3 rings (SSSR count). The molecule has 1 N–H and O–H groups in total. The number of fused-ring (bicyclic) bond motifs is 1. The van der Waals surface area contributed by atoms with Crippen LogP contribution in [0.3, 0.4) is 0 Å². The van der Waals surface area contributed by atoms with Gasteiger partial charge in [0.2, 0.25) is 22.7 Å². The van der Waals surface area contributed by atoms with Crippen molar-refractivity contribution in [2.24, 2.45) is 0 Å². The largest absolute Gasteiger partial charge is 0.454 e. The molecule has 9 heteroatoms. The number of amides is 1. The van der Waals surface area contributed by atoms with Crippen molar-refractivity contribution in [2.75, 3.05) is 36.2 Å². The number of sulfonamides is 1. The topological polar surface area (TPSA) is 84.9 Å². The quantitative estimate of drug-likeness (QED) is 0.608. The van der Waals surface area contributed by atoms with E-state index in [0.717, 1.165) is 22.1 Å². The van der Waals surface area contributed by atoms with E-state index >= 15 is 0 Å². The average Bonchev–Trinajstić information content (AvgIpc) is 3.14. The van der Waals surface area contributed by atoms with Crippen LogP contribution in [0.4, 0.5) is 5.69 Å². The van der Waals surface area contributed by atoms with Crippen molar-refractivity contribution < 1.29 is 22.7 Å². The molecule has 1 aliphatic heterocycles. The van der Waals surface area contributed by atoms with Gasteiger partial charge in [-0.2, -0.15) is 11.8 Å². The maximum Gasteiger partial charge on any atom is 0.240 e. The first kappa shape index (κ1) is 21.3. The van der Waals surface area contributed by atoms with Gasteiger partial charge in [-0.1, -0.05) is 29.8 Å². The van der Waals surface area contributed by atoms with Crippen LogP contribution in [-0.2, 0) is 20.6 Å². The molecular formula is C20H24N2O5S2. The lowest BCUT2D eigenvalue weighted by Crippen LogP contribution is -2.41. The summed E-state index contributed by atoms with van der Waals surface area (Å²) in [6.45, 7) is 2.32. The van der Waals surface area contributed by atoms with Crippen LogP contribution in [-0.4, -0.2) is 46.2 Å². The fourth-order valence-corrected chi connectivity index (χ4v) is 4.43. The van der Waals surface area contributed by atoms with Gasteiger partial charge in [-0.15, -0.1) is 0 Å². The summed E-state index contributed by atoms with van der Waals surface area (Å²) in [4.78, 5) is 12.3. The van der Waals surface area contributed by atoms with Crippen LogP contribution in [0.5, 0.6) is 11.5 Å². The van der Waals surface area contributed by atoms with Gasteiger partial charge >= 0.3 is 0 Å². The molecule has 1 aliphatic rings. The molecule has 29 heavy (non-hydrogen) atoms. The zero-order valence-electron chi connectivity index (χ0n) is 16.4. The predicted octanol–water partition coefficient (Wildman–Crippen LogP) is 2.54. The van der Waals surface area contributed by atoms with Crippen molar-refractivity contribution >= 4 is 33.4 Å². The van der Waals surface area contributed by atoms with E-state index in [2.05, 4.69) is 36.5 Å². The monoisotopic (exact) mass is 436 g/mol. The van der Waals surface area contributed by atoms with Crippen molar-refractivity contribution in [1.82, 2.24) is 5.32 Å². The van der Waals surface area contributed by atoms with Gasteiger partial charge in [0.05, 0.1) is 11.9 Å². The van der Waals surface area contributed by atoms with E-state index in [1.807, 2.05) is 0 Å². The van der Waals surface area contributed by atoms with E-state index in [1.165, 1.54) is 11.1 Å². The summed E-state index contributed by atoms with van der Waals surface area (Å²) in [5.41, 5.74) is 2.82. The van der Waals surface area contributed by atoms with E-state index < -0.39 is 10.0 Å². The number of ether oxygens (including phenoxy) is 2. The number of hydrogen-bond donors (Lipinski definition) is 1. The van der Waals surface area contributed by atoms with E-state index in [-0.39, 0.29) is 19.2 Å². The Hall–Kier alpha value is -2.39. The number of rotatable bonds is 9. The average molecular weight is 437 g/mol. The van der Waals surface area contributed by atoms with Crippen LogP contribution in [0.2, 0.25) is 0 Å². The Morgan fingerprint density at radius 3 is 2.59 bits per heavy atom. The molecule has 0 unspecified atom stereocenters. The van der Waals surface area contributed by atoms with Gasteiger partial charge in [0.25, 0.3) is 0 Å². The predicted molar refractivity (Wildman–Crippen MR) is 115 cm³/mol. The molecule has 0 saturated heterocycles. The first-order valence-corrected chi connectivity index (χ1v) is 12.1. The van der Waals surface area contributed by atoms with Gasteiger partial charge < -0.3 is 14.8 Å². The first-order chi connectivity index (χ1) is 13.8. The summed E-state index contributed by atoms with van der Waals surface area (Å²) in [5.74, 6) is 2.26. The second-order valence-corrected chi connectivity index (χ2v) is 9.71. The van der Waals surface area contributed by atoms with Crippen molar-refractivity contribution in [1.29, 1.82) is 0 Å². The molecule has 156 valence electrons. The molecule has 2 aromatic carbocycles. The maximum absolute atomic E-state index is 12.3. The Morgan fingerprint density at radius 2 is 1.86 bits per heavy atom. The minimum atomic E-state index is -3.63. The van der Waals surface area contributed by atoms with Gasteiger partial charge in [-0.3, -0.25) is 9.10 Å². The molecule has 0 bridgehead atoms. The number of hydrogen-bond acceptors (Lipinski definition) is 6. The normalized spacial score (nSPS) is 12.6. The van der Waals surface area contributed by atoms with E-state index in [0.29, 0.717) is 23.7 Å². The molecule has 1 amide bonds. The summed E-state index contributed by atoms with van der Waals surface area (Å²) in [6, 6.07) is 13.1. The first-order valence-electron chi connectivity index (χ1n) is 9.10. The highest BCUT2D eigenvalue weighted by Crippen LogP contribution is 2.36. The summed E-state index contributed by atoms with van der Waals surface area (Å²) in [6.07, 6.45) is 1.07. The van der Waals surface area contributed by atoms with Gasteiger partial charge in [0.15, 0.2) is 11.5 Å². The molecule has 0 spiro atoms. The Labute approximate surface area is 175 Å². The smallest absolute Gasteiger partial charge is 0.240 e. The van der Waals surface area contributed by atoms with Crippen molar-refractivity contribution in [3.63, 3.8) is 0 Å². The molecule has 0 fully saturated rings. The number of carbonyl (C=O) groups excluding carboxylic acids is 1. The van der Waals surface area contributed by atoms with E-state index in [1.54, 1.807) is 30.0 Å². The minimum absolute atomic E-state index is 0.0956. The Bertz CT molecular complexity index is 961. The zero-order valence-corrected chi connectivity index (χ0v) is 18.0. The van der Waals surface area contributed by atoms with Crippen LogP contribution in [0, 0.1) is 6.92 Å². The Balaban J connectivity index is 1.49. The summed E-state index contributed by atoms with van der Waals surface area (Å²) < 4.78 is 36.0. The maximum atomic E-state index is 12.3. The number of nitrogens with zero attached hydrogens (tertiary/aromatic N) is 1. The number of thioether (sulfide) groups is 1. The van der Waals surface area contributed by atoms with Crippen LogP contribution in [0.25, 0.3) is 0 Å². The zero-order chi connectivity index (χ0) is 20.9. The lowest BCUT2D eigenvalue weighted by Gasteiger charge is -2.22. The fourth-order valence-electron chi connectivity index (χ4n) is 2.76. The van der Waals surface area contributed by atoms with Gasteiger partial charge in [0, 0.05) is 24.1 Å². The third-order valence-corrected chi connectivity index (χ3v) is 6.46. The summed E-state index contributed by atoms with van der Waals surface area (Å²) in [7, 11) is -3.63. The summed E-state index contributed by atoms with van der Waals surface area (Å²) >= 11 is 1.71.